The number of carbonyl (C=O) groups is 1. The molecule has 1 aromatic heterocycles. The molecule has 1 aliphatic rings. The molecule has 1 amide bonds. The maximum absolute atomic E-state index is 13.7. The molecule has 42 heavy (non-hydrogen) atoms. The fraction of sp³-hybridized carbons (Fsp3) is 0.212. The lowest BCUT2D eigenvalue weighted by atomic mass is 10.1. The number of nitrogens with zero attached hydrogens (tertiary/aromatic N) is 3. The molecule has 4 aromatic carbocycles. The van der Waals surface area contributed by atoms with Gasteiger partial charge in [0.25, 0.3) is 5.91 Å². The van der Waals surface area contributed by atoms with Gasteiger partial charge in [0.05, 0.1) is 30.2 Å². The maximum Gasteiger partial charge on any atom is 0.259 e. The second-order valence-electron chi connectivity index (χ2n) is 10.6. The molecule has 0 aliphatic carbocycles. The molecule has 0 radical (unpaired) electrons. The van der Waals surface area contributed by atoms with E-state index in [1.807, 2.05) is 43.3 Å². The molecular formula is C33H32N4O4S. The third-order valence-corrected chi connectivity index (χ3v) is 9.56. The third kappa shape index (κ3) is 5.72. The molecule has 1 fully saturated rings. The average molecular weight is 581 g/mol. The van der Waals surface area contributed by atoms with Gasteiger partial charge in [0.1, 0.15) is 5.69 Å². The van der Waals surface area contributed by atoms with Gasteiger partial charge in [-0.2, -0.15) is 9.40 Å². The zero-order valence-corrected chi connectivity index (χ0v) is 24.4. The molecule has 1 N–H and O–H groups in total. The predicted molar refractivity (Wildman–Crippen MR) is 164 cm³/mol. The van der Waals surface area contributed by atoms with Gasteiger partial charge in [-0.15, -0.1) is 0 Å². The Balaban J connectivity index is 1.32. The molecule has 1 aliphatic heterocycles. The second kappa shape index (κ2) is 11.5. The van der Waals surface area contributed by atoms with Gasteiger partial charge in [0.15, 0.2) is 0 Å². The van der Waals surface area contributed by atoms with Crippen molar-refractivity contribution in [2.24, 2.45) is 0 Å². The number of sulfonamides is 1. The molecule has 0 bridgehead atoms. The molecule has 0 atom stereocenters. The first-order valence-corrected chi connectivity index (χ1v) is 15.3. The van der Waals surface area contributed by atoms with E-state index in [1.54, 1.807) is 29.9 Å². The van der Waals surface area contributed by atoms with E-state index in [9.17, 15) is 13.2 Å². The van der Waals surface area contributed by atoms with Crippen molar-refractivity contribution in [1.82, 2.24) is 14.1 Å². The van der Waals surface area contributed by atoms with Crippen molar-refractivity contribution in [2.45, 2.75) is 25.3 Å². The first-order valence-electron chi connectivity index (χ1n) is 13.9. The quantitative estimate of drug-likeness (QED) is 0.269. The summed E-state index contributed by atoms with van der Waals surface area (Å²) in [5, 5.41) is 10.0. The smallest absolute Gasteiger partial charge is 0.259 e. The van der Waals surface area contributed by atoms with E-state index >= 15 is 0 Å². The highest BCUT2D eigenvalue weighted by molar-refractivity contribution is 7.89. The Kier molecular flexibility index (Phi) is 7.64. The number of ether oxygens (including phenoxy) is 1. The van der Waals surface area contributed by atoms with Gasteiger partial charge in [0, 0.05) is 30.5 Å². The van der Waals surface area contributed by atoms with E-state index in [-0.39, 0.29) is 10.8 Å². The number of rotatable bonds is 7. The molecule has 0 unspecified atom stereocenters. The van der Waals surface area contributed by atoms with Crippen LogP contribution in [0.15, 0.2) is 96.0 Å². The van der Waals surface area contributed by atoms with Crippen LogP contribution in [-0.2, 0) is 21.3 Å². The van der Waals surface area contributed by atoms with Gasteiger partial charge in [-0.05, 0) is 53.9 Å². The summed E-state index contributed by atoms with van der Waals surface area (Å²) in [5.41, 5.74) is 4.96. The number of hydrogen-bond acceptors (Lipinski definition) is 5. The Bertz CT molecular complexity index is 1870. The van der Waals surface area contributed by atoms with Crippen LogP contribution < -0.4 is 5.32 Å². The van der Waals surface area contributed by atoms with E-state index in [4.69, 9.17) is 9.84 Å². The van der Waals surface area contributed by atoms with Crippen LogP contribution >= 0.6 is 0 Å². The zero-order valence-electron chi connectivity index (χ0n) is 23.6. The van der Waals surface area contributed by atoms with Crippen LogP contribution in [0.3, 0.4) is 0 Å². The largest absolute Gasteiger partial charge is 0.379 e. The minimum absolute atomic E-state index is 0.174. The number of nitrogens with one attached hydrogen (secondary N) is 1. The Morgan fingerprint density at radius 1 is 0.905 bits per heavy atom. The first kappa shape index (κ1) is 27.8. The maximum atomic E-state index is 13.7. The first-order chi connectivity index (χ1) is 20.3. The summed E-state index contributed by atoms with van der Waals surface area (Å²) in [6.45, 7) is 5.58. The van der Waals surface area contributed by atoms with Crippen LogP contribution in [0.4, 0.5) is 5.69 Å². The molecule has 1 saturated heterocycles. The summed E-state index contributed by atoms with van der Waals surface area (Å²) in [7, 11) is -3.73. The van der Waals surface area contributed by atoms with Crippen molar-refractivity contribution in [1.29, 1.82) is 0 Å². The van der Waals surface area contributed by atoms with E-state index < -0.39 is 10.0 Å². The zero-order chi connectivity index (χ0) is 29.3. The van der Waals surface area contributed by atoms with Gasteiger partial charge < -0.3 is 10.1 Å². The fourth-order valence-electron chi connectivity index (χ4n) is 5.20. The van der Waals surface area contributed by atoms with Gasteiger partial charge in [-0.3, -0.25) is 9.48 Å². The van der Waals surface area contributed by atoms with Crippen LogP contribution in [0.5, 0.6) is 0 Å². The van der Waals surface area contributed by atoms with Crippen LogP contribution in [0.1, 0.15) is 27.0 Å². The normalized spacial score (nSPS) is 14.2. The van der Waals surface area contributed by atoms with Crippen LogP contribution in [0.2, 0.25) is 0 Å². The number of benzene rings is 4. The highest BCUT2D eigenvalue weighted by Crippen LogP contribution is 2.27. The molecule has 2 heterocycles. The lowest BCUT2D eigenvalue weighted by molar-refractivity contribution is 0.0730. The molecule has 0 saturated carbocycles. The highest BCUT2D eigenvalue weighted by atomic mass is 32.2. The lowest BCUT2D eigenvalue weighted by Gasteiger charge is -2.26. The number of morpholine rings is 1. The summed E-state index contributed by atoms with van der Waals surface area (Å²) in [6, 6.07) is 27.3. The second-order valence-corrected chi connectivity index (χ2v) is 12.5. The standard InChI is InChI=1S/C33H32N4O4S/c1-23-7-11-27(12-8-23)32-30(22-36(35-32)21-25-10-13-26-5-3-4-6-28(26)19-25)33(38)34-29-14-9-24(2)31(20-29)42(39,40)37-15-17-41-18-16-37/h3-14,19-20,22H,15-18,21H2,1-2H3,(H,34,38). The Morgan fingerprint density at radius 2 is 1.64 bits per heavy atom. The van der Waals surface area contributed by atoms with Crippen molar-refractivity contribution in [3.63, 3.8) is 0 Å². The molecule has 5 aromatic rings. The number of hydrogen-bond donors (Lipinski definition) is 1. The fourth-order valence-corrected chi connectivity index (χ4v) is 6.86. The predicted octanol–water partition coefficient (Wildman–Crippen LogP) is 5.64. The topological polar surface area (TPSA) is 93.5 Å². The van der Waals surface area contributed by atoms with Crippen molar-refractivity contribution < 1.29 is 17.9 Å². The van der Waals surface area contributed by atoms with Crippen molar-refractivity contribution in [3.8, 4) is 11.3 Å². The minimum atomic E-state index is -3.73. The van der Waals surface area contributed by atoms with E-state index in [0.29, 0.717) is 55.4 Å². The Morgan fingerprint density at radius 3 is 2.40 bits per heavy atom. The van der Waals surface area contributed by atoms with Crippen molar-refractivity contribution in [3.05, 3.63) is 113 Å². The summed E-state index contributed by atoms with van der Waals surface area (Å²) in [5.74, 6) is -0.367. The summed E-state index contributed by atoms with van der Waals surface area (Å²) in [6.07, 6.45) is 1.75. The van der Waals surface area contributed by atoms with E-state index in [0.717, 1.165) is 27.5 Å². The Labute approximate surface area is 245 Å². The van der Waals surface area contributed by atoms with Gasteiger partial charge in [-0.1, -0.05) is 72.3 Å². The summed E-state index contributed by atoms with van der Waals surface area (Å²) < 4.78 is 35.3. The molecule has 8 nitrogen and oxygen atoms in total. The summed E-state index contributed by atoms with van der Waals surface area (Å²) in [4.78, 5) is 13.9. The molecule has 214 valence electrons. The van der Waals surface area contributed by atoms with Crippen LogP contribution in [0.25, 0.3) is 22.0 Å². The molecule has 0 spiro atoms. The number of amides is 1. The van der Waals surface area contributed by atoms with Gasteiger partial charge in [0.2, 0.25) is 10.0 Å². The molecular weight excluding hydrogens is 548 g/mol. The third-order valence-electron chi connectivity index (χ3n) is 7.52. The Hall–Kier alpha value is -4.31. The molecule has 9 heteroatoms. The van der Waals surface area contributed by atoms with Crippen LogP contribution in [0, 0.1) is 13.8 Å². The monoisotopic (exact) mass is 580 g/mol. The number of aromatic nitrogens is 2. The van der Waals surface area contributed by atoms with Crippen LogP contribution in [-0.4, -0.2) is 54.7 Å². The lowest BCUT2D eigenvalue weighted by Crippen LogP contribution is -2.40. The highest BCUT2D eigenvalue weighted by Gasteiger charge is 2.28. The van der Waals surface area contributed by atoms with Gasteiger partial charge >= 0.3 is 0 Å². The van der Waals surface area contributed by atoms with Crippen molar-refractivity contribution in [2.75, 3.05) is 31.6 Å². The summed E-state index contributed by atoms with van der Waals surface area (Å²) >= 11 is 0. The van der Waals surface area contributed by atoms with Crippen molar-refractivity contribution >= 4 is 32.4 Å². The minimum Gasteiger partial charge on any atom is -0.379 e. The molecule has 6 rings (SSSR count). The van der Waals surface area contributed by atoms with Gasteiger partial charge in [-0.25, -0.2) is 8.42 Å². The van der Waals surface area contributed by atoms with E-state index in [1.165, 1.54) is 10.4 Å². The SMILES string of the molecule is Cc1ccc(-c2nn(Cc3ccc4ccccc4c3)cc2C(=O)Nc2ccc(C)c(S(=O)(=O)N3CCOCC3)c2)cc1. The number of aryl methyl sites for hydroxylation is 2. The number of fused-ring (bicyclic) bond motifs is 1. The van der Waals surface area contributed by atoms with E-state index in [2.05, 4.69) is 35.6 Å². The average Bonchev–Trinajstić information content (AvgIpc) is 3.42. The number of anilines is 1. The number of carbonyl (C=O) groups excluding carboxylic acids is 1.